The Balaban J connectivity index is 2.74. The number of benzene rings is 1. The lowest BCUT2D eigenvalue weighted by Crippen LogP contribution is -1.99. The first-order chi connectivity index (χ1) is 6.11. The summed E-state index contributed by atoms with van der Waals surface area (Å²) in [7, 11) is 0. The summed E-state index contributed by atoms with van der Waals surface area (Å²) < 4.78 is 19.0. The van der Waals surface area contributed by atoms with E-state index in [0.717, 1.165) is 0 Å². The van der Waals surface area contributed by atoms with Crippen molar-refractivity contribution >= 4 is 28.4 Å². The normalized spacial score (nSPS) is 14.2. The van der Waals surface area contributed by atoms with Crippen LogP contribution in [0.5, 0.6) is 5.75 Å². The van der Waals surface area contributed by atoms with E-state index in [2.05, 4.69) is 0 Å². The number of rotatable bonds is 0. The average Bonchev–Trinajstić information content (AvgIpc) is 2.45. The molecule has 0 unspecified atom stereocenters. The SMILES string of the molecule is Cc1c(F)cc2c(c1I)OCC2=O. The van der Waals surface area contributed by atoms with Crippen LogP contribution in [0, 0.1) is 16.3 Å². The smallest absolute Gasteiger partial charge is 0.204 e. The van der Waals surface area contributed by atoms with Gasteiger partial charge in [-0.25, -0.2) is 4.39 Å². The lowest BCUT2D eigenvalue weighted by molar-refractivity contribution is 0.0961. The molecule has 0 aliphatic carbocycles. The van der Waals surface area contributed by atoms with E-state index >= 15 is 0 Å². The third-order valence-corrected chi connectivity index (χ3v) is 3.35. The maximum Gasteiger partial charge on any atom is 0.204 e. The molecule has 1 aromatic rings. The van der Waals surface area contributed by atoms with Gasteiger partial charge in [0.2, 0.25) is 5.78 Å². The Morgan fingerprint density at radius 3 is 3.00 bits per heavy atom. The van der Waals surface area contributed by atoms with Crippen LogP contribution in [0.4, 0.5) is 4.39 Å². The third-order valence-electron chi connectivity index (χ3n) is 2.05. The van der Waals surface area contributed by atoms with Gasteiger partial charge < -0.3 is 4.74 Å². The Hall–Kier alpha value is -0.650. The van der Waals surface area contributed by atoms with Crippen molar-refractivity contribution in [3.8, 4) is 5.75 Å². The highest BCUT2D eigenvalue weighted by Crippen LogP contribution is 2.34. The minimum absolute atomic E-state index is 0.0359. The quantitative estimate of drug-likeness (QED) is 0.686. The summed E-state index contributed by atoms with van der Waals surface area (Å²) in [5.41, 5.74) is 0.904. The van der Waals surface area contributed by atoms with Crippen molar-refractivity contribution in [2.24, 2.45) is 0 Å². The number of hydrogen-bond acceptors (Lipinski definition) is 2. The van der Waals surface area contributed by atoms with Crippen LogP contribution in [0.25, 0.3) is 0 Å². The van der Waals surface area contributed by atoms with E-state index in [1.165, 1.54) is 6.07 Å². The molecule has 0 N–H and O–H groups in total. The number of ketones is 1. The molecule has 1 aliphatic rings. The van der Waals surface area contributed by atoms with Crippen LogP contribution in [0.3, 0.4) is 0 Å². The Labute approximate surface area is 88.2 Å². The van der Waals surface area contributed by atoms with Crippen molar-refractivity contribution < 1.29 is 13.9 Å². The van der Waals surface area contributed by atoms with E-state index in [0.29, 0.717) is 20.4 Å². The van der Waals surface area contributed by atoms with Crippen molar-refractivity contribution in [2.75, 3.05) is 6.61 Å². The fourth-order valence-electron chi connectivity index (χ4n) is 1.26. The molecule has 1 heterocycles. The van der Waals surface area contributed by atoms with Gasteiger partial charge in [-0.15, -0.1) is 0 Å². The number of fused-ring (bicyclic) bond motifs is 1. The first-order valence-electron chi connectivity index (χ1n) is 3.76. The summed E-state index contributed by atoms with van der Waals surface area (Å²) in [6, 6.07) is 1.25. The van der Waals surface area contributed by atoms with E-state index in [1.807, 2.05) is 22.6 Å². The standard InChI is InChI=1S/C9H6FIO2/c1-4-6(10)2-5-7(12)3-13-9(5)8(4)11/h2H,3H2,1H3. The van der Waals surface area contributed by atoms with Gasteiger partial charge in [0.15, 0.2) is 6.61 Å². The minimum atomic E-state index is -0.345. The zero-order chi connectivity index (χ0) is 9.59. The molecule has 1 aromatic carbocycles. The molecule has 0 fully saturated rings. The van der Waals surface area contributed by atoms with Crippen molar-refractivity contribution in [1.82, 2.24) is 0 Å². The molecule has 0 radical (unpaired) electrons. The topological polar surface area (TPSA) is 26.3 Å². The predicted octanol–water partition coefficient (Wildman–Crippen LogP) is 2.31. The average molecular weight is 292 g/mol. The summed E-state index contributed by atoms with van der Waals surface area (Å²) in [4.78, 5) is 11.2. The minimum Gasteiger partial charge on any atom is -0.484 e. The number of carbonyl (C=O) groups is 1. The zero-order valence-electron chi connectivity index (χ0n) is 6.86. The Morgan fingerprint density at radius 1 is 1.62 bits per heavy atom. The Morgan fingerprint density at radius 2 is 2.31 bits per heavy atom. The second-order valence-corrected chi connectivity index (χ2v) is 3.96. The van der Waals surface area contributed by atoms with Crippen molar-refractivity contribution in [2.45, 2.75) is 6.92 Å². The Kier molecular flexibility index (Phi) is 2.02. The van der Waals surface area contributed by atoms with Crippen LogP contribution in [0.1, 0.15) is 15.9 Å². The van der Waals surface area contributed by atoms with E-state index < -0.39 is 0 Å². The molecule has 0 bridgehead atoms. The summed E-state index contributed by atoms with van der Waals surface area (Å²) >= 11 is 1.99. The van der Waals surface area contributed by atoms with Crippen molar-refractivity contribution in [3.05, 3.63) is 26.6 Å². The van der Waals surface area contributed by atoms with Crippen LogP contribution in [0.15, 0.2) is 6.07 Å². The van der Waals surface area contributed by atoms with Gasteiger partial charge in [0.05, 0.1) is 9.13 Å². The molecule has 2 rings (SSSR count). The van der Waals surface area contributed by atoms with Crippen LogP contribution >= 0.6 is 22.6 Å². The molecule has 0 aromatic heterocycles. The third kappa shape index (κ3) is 1.23. The highest BCUT2D eigenvalue weighted by atomic mass is 127. The van der Waals surface area contributed by atoms with Gasteiger partial charge >= 0.3 is 0 Å². The summed E-state index contributed by atoms with van der Waals surface area (Å²) in [5.74, 6) is 0.0401. The highest BCUT2D eigenvalue weighted by molar-refractivity contribution is 14.1. The molecule has 0 saturated heterocycles. The zero-order valence-corrected chi connectivity index (χ0v) is 9.01. The molecule has 0 saturated carbocycles. The molecule has 4 heteroatoms. The van der Waals surface area contributed by atoms with E-state index in [4.69, 9.17) is 4.74 Å². The molecule has 0 spiro atoms. The van der Waals surface area contributed by atoms with Crippen molar-refractivity contribution in [1.29, 1.82) is 0 Å². The molecule has 2 nitrogen and oxygen atoms in total. The largest absolute Gasteiger partial charge is 0.484 e. The van der Waals surface area contributed by atoms with Crippen LogP contribution in [0.2, 0.25) is 0 Å². The second kappa shape index (κ2) is 2.94. The molecular weight excluding hydrogens is 286 g/mol. The van der Waals surface area contributed by atoms with Gasteiger partial charge in [0, 0.05) is 5.56 Å². The Bertz CT molecular complexity index is 401. The predicted molar refractivity (Wildman–Crippen MR) is 53.7 cm³/mol. The molecular formula is C9H6FIO2. The summed E-state index contributed by atoms with van der Waals surface area (Å²) in [5, 5.41) is 0. The van der Waals surface area contributed by atoms with E-state index in [9.17, 15) is 9.18 Å². The van der Waals surface area contributed by atoms with E-state index in [-0.39, 0.29) is 18.2 Å². The first-order valence-corrected chi connectivity index (χ1v) is 4.83. The van der Waals surface area contributed by atoms with E-state index in [1.54, 1.807) is 6.92 Å². The highest BCUT2D eigenvalue weighted by Gasteiger charge is 2.26. The van der Waals surface area contributed by atoms with Crippen LogP contribution in [-0.2, 0) is 0 Å². The molecule has 0 amide bonds. The van der Waals surface area contributed by atoms with Gasteiger partial charge in [0.1, 0.15) is 11.6 Å². The second-order valence-electron chi connectivity index (χ2n) is 2.89. The maximum atomic E-state index is 13.2. The van der Waals surface area contributed by atoms with Crippen LogP contribution < -0.4 is 4.74 Å². The fraction of sp³-hybridized carbons (Fsp3) is 0.222. The van der Waals surface area contributed by atoms with Gasteiger partial charge in [-0.1, -0.05) is 0 Å². The summed E-state index contributed by atoms with van der Waals surface area (Å²) in [6.45, 7) is 1.71. The number of Topliss-reactive ketones (excluding diaryl/α,β-unsaturated/α-hetero) is 1. The summed E-state index contributed by atoms with van der Waals surface area (Å²) in [6.07, 6.45) is 0. The first kappa shape index (κ1) is 8.93. The van der Waals surface area contributed by atoms with Crippen molar-refractivity contribution in [3.63, 3.8) is 0 Å². The van der Waals surface area contributed by atoms with Gasteiger partial charge in [-0.2, -0.15) is 0 Å². The molecule has 68 valence electrons. The van der Waals surface area contributed by atoms with Gasteiger partial charge in [-0.05, 0) is 35.6 Å². The number of ether oxygens (including phenoxy) is 1. The monoisotopic (exact) mass is 292 g/mol. The number of halogens is 2. The van der Waals surface area contributed by atoms with Crippen LogP contribution in [-0.4, -0.2) is 12.4 Å². The van der Waals surface area contributed by atoms with Gasteiger partial charge in [0.25, 0.3) is 0 Å². The fourth-order valence-corrected chi connectivity index (χ4v) is 1.96. The molecule has 1 aliphatic heterocycles. The number of carbonyl (C=O) groups excluding carboxylic acids is 1. The maximum absolute atomic E-state index is 13.2. The lowest BCUT2D eigenvalue weighted by atomic mass is 10.1. The molecule has 13 heavy (non-hydrogen) atoms. The lowest BCUT2D eigenvalue weighted by Gasteiger charge is -2.04. The number of hydrogen-bond donors (Lipinski definition) is 0. The van der Waals surface area contributed by atoms with Gasteiger partial charge in [-0.3, -0.25) is 4.79 Å². The molecule has 0 atom stereocenters.